The third kappa shape index (κ3) is 4.78. The molecule has 0 saturated carbocycles. The lowest BCUT2D eigenvalue weighted by molar-refractivity contribution is 0.0970. The van der Waals surface area contributed by atoms with Gasteiger partial charge in [-0.2, -0.15) is 5.26 Å². The van der Waals surface area contributed by atoms with Crippen molar-refractivity contribution in [2.45, 2.75) is 44.8 Å². The second-order valence-corrected chi connectivity index (χ2v) is 9.43. The summed E-state index contributed by atoms with van der Waals surface area (Å²) in [6.07, 6.45) is 8.47. The molecule has 1 unspecified atom stereocenters. The van der Waals surface area contributed by atoms with E-state index >= 15 is 0 Å². The number of nitriles is 1. The van der Waals surface area contributed by atoms with Crippen LogP contribution in [0.5, 0.6) is 5.75 Å². The molecule has 2 aromatic heterocycles. The Balaban J connectivity index is 1.63. The van der Waals surface area contributed by atoms with E-state index in [1.807, 2.05) is 17.0 Å². The molecule has 2 aliphatic heterocycles. The quantitative estimate of drug-likeness (QED) is 0.494. The maximum atomic E-state index is 13.8. The molecule has 0 radical (unpaired) electrons. The summed E-state index contributed by atoms with van der Waals surface area (Å²) in [5, 5.41) is 10.2. The number of carbonyl (C=O) groups excluding carboxylic acids is 1. The fourth-order valence-electron chi connectivity index (χ4n) is 5.06. The number of piperidine rings is 1. The van der Waals surface area contributed by atoms with Gasteiger partial charge in [0.05, 0.1) is 20.0 Å². The maximum Gasteiger partial charge on any atom is 0.278 e. The number of aromatic nitrogens is 3. The SMILES string of the molecule is COc1cccc(C(=O)Cn2cnc3c(C#N)c(N4CCCC(N)C4)n(CC4=CN=CCC4)c3c2=O)c1. The Labute approximate surface area is 214 Å². The molecule has 1 fully saturated rings. The molecule has 10 heteroatoms. The van der Waals surface area contributed by atoms with E-state index in [0.29, 0.717) is 46.8 Å². The average Bonchev–Trinajstić information content (AvgIpc) is 3.24. The zero-order valence-corrected chi connectivity index (χ0v) is 20.8. The molecule has 10 nitrogen and oxygen atoms in total. The highest BCUT2D eigenvalue weighted by molar-refractivity contribution is 5.96. The van der Waals surface area contributed by atoms with Gasteiger partial charge in [-0.25, -0.2) is 4.98 Å². The number of hydrogen-bond acceptors (Lipinski definition) is 8. The Morgan fingerprint density at radius 1 is 1.35 bits per heavy atom. The summed E-state index contributed by atoms with van der Waals surface area (Å²) >= 11 is 0. The Kier molecular flexibility index (Phi) is 6.88. The predicted octanol–water partition coefficient (Wildman–Crippen LogP) is 2.64. The molecule has 0 amide bonds. The second kappa shape index (κ2) is 10.4. The number of allylic oxidation sites excluding steroid dienone is 1. The van der Waals surface area contributed by atoms with Crippen LogP contribution in [0.1, 0.15) is 41.6 Å². The van der Waals surface area contributed by atoms with Gasteiger partial charge in [0.25, 0.3) is 5.56 Å². The molecule has 1 atom stereocenters. The molecule has 3 aromatic rings. The van der Waals surface area contributed by atoms with Gasteiger partial charge < -0.3 is 19.9 Å². The zero-order valence-electron chi connectivity index (χ0n) is 20.8. The first-order valence-electron chi connectivity index (χ1n) is 12.4. The van der Waals surface area contributed by atoms with Crippen molar-refractivity contribution in [3.05, 3.63) is 63.8 Å². The van der Waals surface area contributed by atoms with Gasteiger partial charge in [-0.1, -0.05) is 12.1 Å². The molecule has 1 aromatic carbocycles. The number of ether oxygens (including phenoxy) is 1. The Morgan fingerprint density at radius 2 is 2.22 bits per heavy atom. The van der Waals surface area contributed by atoms with Gasteiger partial charge in [0.15, 0.2) is 5.78 Å². The molecule has 1 saturated heterocycles. The van der Waals surface area contributed by atoms with Crippen LogP contribution in [-0.2, 0) is 13.1 Å². The van der Waals surface area contributed by atoms with Gasteiger partial charge in [-0.05, 0) is 43.4 Å². The minimum absolute atomic E-state index is 0.0182. The van der Waals surface area contributed by atoms with Crippen LogP contribution >= 0.6 is 0 Å². The summed E-state index contributed by atoms with van der Waals surface area (Å²) < 4.78 is 8.40. The van der Waals surface area contributed by atoms with Crippen LogP contribution in [0.25, 0.3) is 11.0 Å². The number of carbonyl (C=O) groups is 1. The van der Waals surface area contributed by atoms with Crippen molar-refractivity contribution in [3.63, 3.8) is 0 Å². The molecule has 4 heterocycles. The Morgan fingerprint density at radius 3 is 2.95 bits per heavy atom. The van der Waals surface area contributed by atoms with Crippen molar-refractivity contribution in [2.75, 3.05) is 25.1 Å². The number of rotatable bonds is 7. The van der Waals surface area contributed by atoms with E-state index in [-0.39, 0.29) is 23.9 Å². The molecular weight excluding hydrogens is 470 g/mol. The van der Waals surface area contributed by atoms with Crippen molar-refractivity contribution in [3.8, 4) is 11.8 Å². The van der Waals surface area contributed by atoms with E-state index in [0.717, 1.165) is 37.8 Å². The summed E-state index contributed by atoms with van der Waals surface area (Å²) in [4.78, 5) is 37.8. The third-order valence-corrected chi connectivity index (χ3v) is 6.89. The molecule has 0 aliphatic carbocycles. The number of aliphatic imine (C=N–C) groups is 1. The summed E-state index contributed by atoms with van der Waals surface area (Å²) in [6, 6.07) is 9.09. The van der Waals surface area contributed by atoms with Gasteiger partial charge in [0, 0.05) is 43.7 Å². The lowest BCUT2D eigenvalue weighted by Crippen LogP contribution is -2.44. The van der Waals surface area contributed by atoms with Crippen LogP contribution in [0.15, 0.2) is 52.2 Å². The van der Waals surface area contributed by atoms with Gasteiger partial charge in [0.2, 0.25) is 0 Å². The largest absolute Gasteiger partial charge is 0.497 e. The van der Waals surface area contributed by atoms with E-state index in [2.05, 4.69) is 20.9 Å². The molecule has 5 rings (SSSR count). The minimum Gasteiger partial charge on any atom is -0.497 e. The number of nitrogens with zero attached hydrogens (tertiary/aromatic N) is 6. The lowest BCUT2D eigenvalue weighted by atomic mass is 10.1. The number of anilines is 1. The topological polar surface area (TPSA) is 132 Å². The summed E-state index contributed by atoms with van der Waals surface area (Å²) in [5.41, 5.74) is 8.39. The van der Waals surface area contributed by atoms with Crippen LogP contribution in [0.4, 0.5) is 5.82 Å². The number of methoxy groups -OCH3 is 1. The molecule has 0 spiro atoms. The smallest absolute Gasteiger partial charge is 0.278 e. The van der Waals surface area contributed by atoms with Gasteiger partial charge in [-0.3, -0.25) is 19.1 Å². The number of Topliss-reactive ketones (excluding diaryl/α,β-unsaturated/α-hetero) is 1. The summed E-state index contributed by atoms with van der Waals surface area (Å²) in [5.74, 6) is 0.976. The maximum absolute atomic E-state index is 13.8. The fraction of sp³-hybridized carbons (Fsp3) is 0.370. The Hall–Kier alpha value is -4.23. The van der Waals surface area contributed by atoms with Crippen molar-refractivity contribution in [2.24, 2.45) is 10.7 Å². The summed E-state index contributed by atoms with van der Waals surface area (Å²) in [7, 11) is 1.53. The number of hydrogen-bond donors (Lipinski definition) is 1. The van der Waals surface area contributed by atoms with Gasteiger partial charge in [0.1, 0.15) is 34.2 Å². The normalized spacial score (nSPS) is 17.5. The number of nitrogens with two attached hydrogens (primary N) is 1. The molecular formula is C27H29N7O3. The van der Waals surface area contributed by atoms with Crippen LogP contribution in [0.2, 0.25) is 0 Å². The van der Waals surface area contributed by atoms with E-state index in [4.69, 9.17) is 10.5 Å². The highest BCUT2D eigenvalue weighted by Gasteiger charge is 2.29. The standard InChI is InChI=1S/C27H29N7O3/c1-37-21-8-2-6-19(11-21)23(35)16-33-17-31-24-22(12-28)26(32-10-4-7-20(29)15-32)34(25(24)27(33)36)14-18-5-3-9-30-13-18/h2,6,8-9,11,13,17,20H,3-5,7,10,14-16,29H2,1H3. The first-order chi connectivity index (χ1) is 18.0. The average molecular weight is 500 g/mol. The van der Waals surface area contributed by atoms with Crippen molar-refractivity contribution >= 4 is 28.8 Å². The highest BCUT2D eigenvalue weighted by Crippen LogP contribution is 2.33. The molecule has 0 bridgehead atoms. The minimum atomic E-state index is -0.370. The zero-order chi connectivity index (χ0) is 25.9. The molecule has 2 N–H and O–H groups in total. The van der Waals surface area contributed by atoms with Crippen LogP contribution in [-0.4, -0.2) is 52.4 Å². The molecule has 2 aliphatic rings. The fourth-order valence-corrected chi connectivity index (χ4v) is 5.06. The van der Waals surface area contributed by atoms with Gasteiger partial charge in [-0.15, -0.1) is 0 Å². The number of ketones is 1. The lowest BCUT2D eigenvalue weighted by Gasteiger charge is -2.33. The second-order valence-electron chi connectivity index (χ2n) is 9.43. The number of benzene rings is 1. The van der Waals surface area contributed by atoms with Crippen molar-refractivity contribution < 1.29 is 9.53 Å². The Bertz CT molecular complexity index is 1510. The molecule has 190 valence electrons. The monoisotopic (exact) mass is 499 g/mol. The first kappa shape index (κ1) is 24.5. The van der Waals surface area contributed by atoms with Crippen molar-refractivity contribution in [1.29, 1.82) is 5.26 Å². The van der Waals surface area contributed by atoms with E-state index in [1.165, 1.54) is 18.0 Å². The van der Waals surface area contributed by atoms with Crippen LogP contribution in [0, 0.1) is 11.3 Å². The third-order valence-electron chi connectivity index (χ3n) is 6.89. The number of fused-ring (bicyclic) bond motifs is 1. The molecule has 37 heavy (non-hydrogen) atoms. The van der Waals surface area contributed by atoms with E-state index < -0.39 is 0 Å². The first-order valence-corrected chi connectivity index (χ1v) is 12.4. The van der Waals surface area contributed by atoms with Crippen LogP contribution in [0.3, 0.4) is 0 Å². The van der Waals surface area contributed by atoms with Crippen LogP contribution < -0.4 is 20.9 Å². The summed E-state index contributed by atoms with van der Waals surface area (Å²) in [6.45, 7) is 1.55. The highest BCUT2D eigenvalue weighted by atomic mass is 16.5. The predicted molar refractivity (Wildman–Crippen MR) is 141 cm³/mol. The van der Waals surface area contributed by atoms with Crippen molar-refractivity contribution in [1.82, 2.24) is 14.1 Å². The van der Waals surface area contributed by atoms with E-state index in [1.54, 1.807) is 24.3 Å². The van der Waals surface area contributed by atoms with E-state index in [9.17, 15) is 14.9 Å². The van der Waals surface area contributed by atoms with Gasteiger partial charge >= 0.3 is 0 Å².